The van der Waals surface area contributed by atoms with Gasteiger partial charge in [0.05, 0.1) is 19.1 Å². The fraction of sp³-hybridized carbons (Fsp3) is 0.667. The minimum atomic E-state index is -0.245. The Kier molecular flexibility index (Phi) is 5.69. The van der Waals surface area contributed by atoms with Crippen LogP contribution in [-0.4, -0.2) is 28.7 Å². The highest BCUT2D eigenvalue weighted by atomic mass is 16.5. The number of carbonyl (C=O) groups excluding carboxylic acids is 1. The van der Waals surface area contributed by atoms with Crippen LogP contribution in [0.1, 0.15) is 32.4 Å². The van der Waals surface area contributed by atoms with Crippen LogP contribution >= 0.6 is 0 Å². The van der Waals surface area contributed by atoms with Gasteiger partial charge in [-0.15, -0.1) is 0 Å². The van der Waals surface area contributed by atoms with Crippen molar-refractivity contribution in [2.75, 3.05) is 7.11 Å². The molecule has 0 saturated heterocycles. The first-order valence-electron chi connectivity index (χ1n) is 6.03. The van der Waals surface area contributed by atoms with Crippen LogP contribution in [-0.2, 0) is 22.6 Å². The number of aryl methyl sites for hydroxylation is 1. The van der Waals surface area contributed by atoms with Crippen molar-refractivity contribution < 1.29 is 9.53 Å². The van der Waals surface area contributed by atoms with Gasteiger partial charge in [-0.1, -0.05) is 13.8 Å². The van der Waals surface area contributed by atoms with E-state index in [0.29, 0.717) is 13.0 Å². The molecule has 1 aromatic rings. The van der Waals surface area contributed by atoms with Gasteiger partial charge in [0.25, 0.3) is 0 Å². The molecule has 1 N–H and O–H groups in total. The monoisotopic (exact) mass is 239 g/mol. The molecule has 1 heterocycles. The van der Waals surface area contributed by atoms with Crippen molar-refractivity contribution in [3.8, 4) is 0 Å². The fourth-order valence-corrected chi connectivity index (χ4v) is 1.70. The number of hydrogen-bond acceptors (Lipinski definition) is 4. The number of esters is 1. The number of carbonyl (C=O) groups is 1. The molecule has 0 aliphatic heterocycles. The van der Waals surface area contributed by atoms with Crippen LogP contribution in [0, 0.1) is 0 Å². The predicted octanol–water partition coefficient (Wildman–Crippen LogP) is 1.33. The minimum Gasteiger partial charge on any atom is -0.468 e. The van der Waals surface area contributed by atoms with Crippen molar-refractivity contribution in [3.63, 3.8) is 0 Å². The Morgan fingerprint density at radius 3 is 2.94 bits per heavy atom. The van der Waals surface area contributed by atoms with Gasteiger partial charge in [-0.3, -0.25) is 10.1 Å². The van der Waals surface area contributed by atoms with E-state index in [1.54, 1.807) is 0 Å². The van der Waals surface area contributed by atoms with Crippen LogP contribution < -0.4 is 5.32 Å². The maximum Gasteiger partial charge on any atom is 0.322 e. The largest absolute Gasteiger partial charge is 0.468 e. The maximum atomic E-state index is 11.4. The molecule has 0 aliphatic rings. The van der Waals surface area contributed by atoms with Crippen LogP contribution in [0.25, 0.3) is 0 Å². The summed E-state index contributed by atoms with van der Waals surface area (Å²) in [5, 5.41) is 3.19. The maximum absolute atomic E-state index is 11.4. The number of nitrogens with zero attached hydrogens (tertiary/aromatic N) is 2. The van der Waals surface area contributed by atoms with Crippen LogP contribution in [0.4, 0.5) is 0 Å². The van der Waals surface area contributed by atoms with Crippen LogP contribution in [0.15, 0.2) is 12.5 Å². The summed E-state index contributed by atoms with van der Waals surface area (Å²) in [6.45, 7) is 5.66. The van der Waals surface area contributed by atoms with Gasteiger partial charge in [0, 0.05) is 19.3 Å². The number of hydrogen-bond donors (Lipinski definition) is 1. The SMILES string of the molecule is CCCn1cncc1CNC(CC)C(=O)OC. The molecule has 1 unspecified atom stereocenters. The average molecular weight is 239 g/mol. The molecule has 17 heavy (non-hydrogen) atoms. The molecule has 0 bridgehead atoms. The molecule has 0 radical (unpaired) electrons. The third-order valence-corrected chi connectivity index (χ3v) is 2.69. The van der Waals surface area contributed by atoms with Crippen LogP contribution in [0.5, 0.6) is 0 Å². The van der Waals surface area contributed by atoms with Crippen molar-refractivity contribution >= 4 is 5.97 Å². The fourth-order valence-electron chi connectivity index (χ4n) is 1.70. The van der Waals surface area contributed by atoms with Crippen molar-refractivity contribution in [1.82, 2.24) is 14.9 Å². The topological polar surface area (TPSA) is 56.2 Å². The van der Waals surface area contributed by atoms with Gasteiger partial charge in [0.15, 0.2) is 0 Å². The van der Waals surface area contributed by atoms with Gasteiger partial charge < -0.3 is 9.30 Å². The summed E-state index contributed by atoms with van der Waals surface area (Å²) in [6.07, 6.45) is 5.43. The Hall–Kier alpha value is -1.36. The molecule has 0 spiro atoms. The zero-order valence-electron chi connectivity index (χ0n) is 10.8. The summed E-state index contributed by atoms with van der Waals surface area (Å²) in [5.74, 6) is -0.214. The van der Waals surface area contributed by atoms with E-state index in [0.717, 1.165) is 18.7 Å². The van der Waals surface area contributed by atoms with Crippen molar-refractivity contribution in [2.24, 2.45) is 0 Å². The van der Waals surface area contributed by atoms with Crippen molar-refractivity contribution in [2.45, 2.75) is 45.8 Å². The molecule has 96 valence electrons. The first-order valence-corrected chi connectivity index (χ1v) is 6.03. The summed E-state index contributed by atoms with van der Waals surface area (Å²) < 4.78 is 6.82. The third kappa shape index (κ3) is 3.85. The minimum absolute atomic E-state index is 0.214. The Balaban J connectivity index is 2.53. The standard InChI is InChI=1S/C12H21N3O2/c1-4-6-15-9-13-7-10(15)8-14-11(5-2)12(16)17-3/h7,9,11,14H,4-6,8H2,1-3H3. The predicted molar refractivity (Wildman–Crippen MR) is 65.5 cm³/mol. The van der Waals surface area contributed by atoms with Gasteiger partial charge in [-0.2, -0.15) is 0 Å². The van der Waals surface area contributed by atoms with E-state index in [9.17, 15) is 4.79 Å². The van der Waals surface area contributed by atoms with Crippen molar-refractivity contribution in [3.05, 3.63) is 18.2 Å². The Labute approximate surface area is 102 Å². The van der Waals surface area contributed by atoms with Gasteiger partial charge >= 0.3 is 5.97 Å². The molecule has 0 aromatic carbocycles. The molecule has 1 atom stereocenters. The first-order chi connectivity index (χ1) is 8.22. The number of rotatable bonds is 7. The second-order valence-corrected chi connectivity index (χ2v) is 3.94. The van der Waals surface area contributed by atoms with E-state index in [2.05, 4.69) is 21.8 Å². The zero-order chi connectivity index (χ0) is 12.7. The Morgan fingerprint density at radius 2 is 2.35 bits per heavy atom. The van der Waals surface area contributed by atoms with Crippen LogP contribution in [0.3, 0.4) is 0 Å². The van der Waals surface area contributed by atoms with Crippen LogP contribution in [0.2, 0.25) is 0 Å². The number of aromatic nitrogens is 2. The number of imidazole rings is 1. The number of methoxy groups -OCH3 is 1. The second kappa shape index (κ2) is 7.06. The highest BCUT2D eigenvalue weighted by Crippen LogP contribution is 2.02. The van der Waals surface area contributed by atoms with Crippen molar-refractivity contribution in [1.29, 1.82) is 0 Å². The summed E-state index contributed by atoms with van der Waals surface area (Å²) in [5.41, 5.74) is 1.09. The smallest absolute Gasteiger partial charge is 0.322 e. The van der Waals surface area contributed by atoms with E-state index < -0.39 is 0 Å². The second-order valence-electron chi connectivity index (χ2n) is 3.94. The molecule has 0 aliphatic carbocycles. The molecule has 1 aromatic heterocycles. The summed E-state index contributed by atoms with van der Waals surface area (Å²) in [6, 6.07) is -0.245. The lowest BCUT2D eigenvalue weighted by atomic mass is 10.2. The lowest BCUT2D eigenvalue weighted by Crippen LogP contribution is -2.37. The molecule has 5 nitrogen and oxygen atoms in total. The first kappa shape index (κ1) is 13.7. The summed E-state index contributed by atoms with van der Waals surface area (Å²) >= 11 is 0. The highest BCUT2D eigenvalue weighted by molar-refractivity contribution is 5.75. The van der Waals surface area contributed by atoms with Gasteiger partial charge in [-0.25, -0.2) is 4.98 Å². The molecule has 0 saturated carbocycles. The summed E-state index contributed by atoms with van der Waals surface area (Å²) in [7, 11) is 1.41. The average Bonchev–Trinajstić information content (AvgIpc) is 2.77. The third-order valence-electron chi connectivity index (χ3n) is 2.69. The molecule has 0 amide bonds. The number of nitrogens with one attached hydrogen (secondary N) is 1. The molecular formula is C12H21N3O2. The zero-order valence-corrected chi connectivity index (χ0v) is 10.8. The molecular weight excluding hydrogens is 218 g/mol. The molecule has 1 rings (SSSR count). The Morgan fingerprint density at radius 1 is 1.59 bits per heavy atom. The number of ether oxygens (including phenoxy) is 1. The normalized spacial score (nSPS) is 12.4. The van der Waals surface area contributed by atoms with Gasteiger partial charge in [-0.05, 0) is 12.8 Å². The van der Waals surface area contributed by atoms with E-state index in [1.807, 2.05) is 19.4 Å². The lowest BCUT2D eigenvalue weighted by Gasteiger charge is -2.15. The van der Waals surface area contributed by atoms with Gasteiger partial charge in [0.1, 0.15) is 6.04 Å². The van der Waals surface area contributed by atoms with E-state index in [-0.39, 0.29) is 12.0 Å². The van der Waals surface area contributed by atoms with Gasteiger partial charge in [0.2, 0.25) is 0 Å². The van der Waals surface area contributed by atoms with E-state index >= 15 is 0 Å². The lowest BCUT2D eigenvalue weighted by molar-refractivity contribution is -0.143. The van der Waals surface area contributed by atoms with E-state index in [1.165, 1.54) is 7.11 Å². The highest BCUT2D eigenvalue weighted by Gasteiger charge is 2.16. The molecule has 0 fully saturated rings. The molecule has 5 heteroatoms. The summed E-state index contributed by atoms with van der Waals surface area (Å²) in [4.78, 5) is 15.5. The quantitative estimate of drug-likeness (QED) is 0.729. The van der Waals surface area contributed by atoms with E-state index in [4.69, 9.17) is 4.74 Å². The Bertz CT molecular complexity index is 349.